The van der Waals surface area contributed by atoms with Crippen LogP contribution in [0.5, 0.6) is 5.75 Å². The van der Waals surface area contributed by atoms with E-state index < -0.39 is 27.8 Å². The molecule has 1 aromatic heterocycles. The van der Waals surface area contributed by atoms with E-state index in [1.807, 2.05) is 6.92 Å². The summed E-state index contributed by atoms with van der Waals surface area (Å²) in [7, 11) is -3.87. The number of hydrogen-bond acceptors (Lipinski definition) is 4. The molecule has 3 aromatic rings. The Morgan fingerprint density at radius 2 is 1.80 bits per heavy atom. The van der Waals surface area contributed by atoms with Gasteiger partial charge in [0.1, 0.15) is 11.6 Å². The van der Waals surface area contributed by atoms with E-state index in [-0.39, 0.29) is 4.90 Å². The fraction of sp³-hybridized carbons (Fsp3) is 0.350. The molecule has 0 bridgehead atoms. The van der Waals surface area contributed by atoms with Crippen molar-refractivity contribution < 1.29 is 26.3 Å². The van der Waals surface area contributed by atoms with Crippen LogP contribution in [-0.2, 0) is 22.7 Å². The fourth-order valence-electron chi connectivity index (χ4n) is 3.22. The van der Waals surface area contributed by atoms with E-state index in [1.54, 1.807) is 30.5 Å². The number of halogens is 3. The van der Waals surface area contributed by atoms with E-state index in [1.165, 1.54) is 18.2 Å². The van der Waals surface area contributed by atoms with Gasteiger partial charge in [-0.25, -0.2) is 18.1 Å². The van der Waals surface area contributed by atoms with Gasteiger partial charge in [-0.2, -0.15) is 13.2 Å². The fourth-order valence-corrected chi connectivity index (χ4v) is 4.42. The number of ether oxygens (including phenoxy) is 1. The predicted octanol–water partition coefficient (Wildman–Crippen LogP) is 4.51. The topological polar surface area (TPSA) is 73.2 Å². The third-order valence-corrected chi connectivity index (χ3v) is 6.14. The van der Waals surface area contributed by atoms with Crippen LogP contribution in [0.3, 0.4) is 0 Å². The summed E-state index contributed by atoms with van der Waals surface area (Å²) < 4.78 is 74.2. The zero-order valence-electron chi connectivity index (χ0n) is 16.7. The highest BCUT2D eigenvalue weighted by Gasteiger charge is 2.31. The molecule has 0 fully saturated rings. The van der Waals surface area contributed by atoms with Crippen molar-refractivity contribution in [2.75, 3.05) is 6.61 Å². The second-order valence-electron chi connectivity index (χ2n) is 6.66. The minimum absolute atomic E-state index is 0.0521. The van der Waals surface area contributed by atoms with Crippen molar-refractivity contribution in [3.05, 3.63) is 53.9 Å². The van der Waals surface area contributed by atoms with Crippen molar-refractivity contribution in [2.45, 2.75) is 44.4 Å². The first kappa shape index (κ1) is 22.1. The second-order valence-corrected chi connectivity index (χ2v) is 8.38. The normalized spacial score (nSPS) is 13.5. The van der Waals surface area contributed by atoms with Gasteiger partial charge in [-0.15, -0.1) is 0 Å². The molecule has 0 aliphatic rings. The van der Waals surface area contributed by atoms with Crippen molar-refractivity contribution in [3.63, 3.8) is 0 Å². The molecular formula is C20H22F3N3O3S. The van der Waals surface area contributed by atoms with Crippen LogP contribution in [-0.4, -0.2) is 24.6 Å². The molecule has 6 nitrogen and oxygen atoms in total. The lowest BCUT2D eigenvalue weighted by atomic mass is 10.2. The van der Waals surface area contributed by atoms with E-state index in [9.17, 15) is 21.6 Å². The van der Waals surface area contributed by atoms with Crippen LogP contribution >= 0.6 is 0 Å². The molecule has 0 saturated carbocycles. The summed E-state index contributed by atoms with van der Waals surface area (Å²) in [5.41, 5.74) is -0.111. The molecule has 0 amide bonds. The van der Waals surface area contributed by atoms with Gasteiger partial charge < -0.3 is 9.30 Å². The highest BCUT2D eigenvalue weighted by atomic mass is 32.2. The van der Waals surface area contributed by atoms with E-state index in [0.717, 1.165) is 12.1 Å². The molecule has 3 rings (SSSR count). The van der Waals surface area contributed by atoms with Gasteiger partial charge in [-0.1, -0.05) is 0 Å². The number of aryl methyl sites for hydroxylation is 1. The SMILES string of the molecule is CCOc1ccc(S(=O)(=O)N[C@H](C)c2nc3ccc(C(F)(F)F)cc3n2CC)cc1. The zero-order valence-corrected chi connectivity index (χ0v) is 17.5. The molecule has 0 spiro atoms. The van der Waals surface area contributed by atoms with Gasteiger partial charge >= 0.3 is 6.18 Å². The van der Waals surface area contributed by atoms with Gasteiger partial charge in [0.2, 0.25) is 10.0 Å². The van der Waals surface area contributed by atoms with Crippen LogP contribution in [0.2, 0.25) is 0 Å². The smallest absolute Gasteiger partial charge is 0.416 e. The summed E-state index contributed by atoms with van der Waals surface area (Å²) in [5.74, 6) is 0.888. The maximum atomic E-state index is 13.1. The van der Waals surface area contributed by atoms with E-state index in [4.69, 9.17) is 4.74 Å². The van der Waals surface area contributed by atoms with Crippen LogP contribution in [0.15, 0.2) is 47.4 Å². The number of imidazole rings is 1. The molecule has 162 valence electrons. The molecule has 0 aliphatic heterocycles. The Morgan fingerprint density at radius 3 is 2.37 bits per heavy atom. The molecule has 10 heteroatoms. The van der Waals surface area contributed by atoms with E-state index >= 15 is 0 Å². The summed E-state index contributed by atoms with van der Waals surface area (Å²) in [6, 6.07) is 8.50. The number of fused-ring (bicyclic) bond motifs is 1. The maximum Gasteiger partial charge on any atom is 0.416 e. The van der Waals surface area contributed by atoms with Crippen LogP contribution in [0, 0.1) is 0 Å². The number of aromatic nitrogens is 2. The molecule has 0 aliphatic carbocycles. The first-order chi connectivity index (χ1) is 14.1. The second kappa shape index (κ2) is 8.27. The van der Waals surface area contributed by atoms with Gasteiger partial charge in [-0.3, -0.25) is 0 Å². The molecule has 1 N–H and O–H groups in total. The van der Waals surface area contributed by atoms with Crippen LogP contribution in [0.4, 0.5) is 13.2 Å². The van der Waals surface area contributed by atoms with Crippen LogP contribution in [0.1, 0.15) is 38.2 Å². The Morgan fingerprint density at radius 1 is 1.13 bits per heavy atom. The molecule has 0 radical (unpaired) electrons. The number of nitrogens with zero attached hydrogens (tertiary/aromatic N) is 2. The number of sulfonamides is 1. The highest BCUT2D eigenvalue weighted by Crippen LogP contribution is 2.32. The van der Waals surface area contributed by atoms with Crippen molar-refractivity contribution in [1.82, 2.24) is 14.3 Å². The van der Waals surface area contributed by atoms with Gasteiger partial charge in [0.05, 0.1) is 34.1 Å². The lowest BCUT2D eigenvalue weighted by molar-refractivity contribution is -0.137. The average Bonchev–Trinajstić information content (AvgIpc) is 3.05. The Labute approximate surface area is 172 Å². The quantitative estimate of drug-likeness (QED) is 0.585. The first-order valence-electron chi connectivity index (χ1n) is 9.39. The number of hydrogen-bond donors (Lipinski definition) is 1. The monoisotopic (exact) mass is 441 g/mol. The van der Waals surface area contributed by atoms with E-state index in [0.29, 0.717) is 35.8 Å². The van der Waals surface area contributed by atoms with E-state index in [2.05, 4.69) is 9.71 Å². The minimum atomic E-state index is -4.47. The summed E-state index contributed by atoms with van der Waals surface area (Å²) in [6.07, 6.45) is -4.47. The standard InChI is InChI=1S/C20H22F3N3O3S/c1-4-26-18-12-14(20(21,22)23)6-11-17(18)24-19(26)13(3)25-30(27,28)16-9-7-15(8-10-16)29-5-2/h6-13,25H,4-5H2,1-3H3/t13-/m1/s1. The average molecular weight is 441 g/mol. The van der Waals surface area contributed by atoms with Crippen molar-refractivity contribution in [1.29, 1.82) is 0 Å². The van der Waals surface area contributed by atoms with Gasteiger partial charge in [0.25, 0.3) is 0 Å². The van der Waals surface area contributed by atoms with Crippen LogP contribution in [0.25, 0.3) is 11.0 Å². The first-order valence-corrected chi connectivity index (χ1v) is 10.9. The molecule has 30 heavy (non-hydrogen) atoms. The molecular weight excluding hydrogens is 419 g/mol. The summed E-state index contributed by atoms with van der Waals surface area (Å²) in [5, 5.41) is 0. The van der Waals surface area contributed by atoms with Gasteiger partial charge in [-0.05, 0) is 63.2 Å². The van der Waals surface area contributed by atoms with Gasteiger partial charge in [0.15, 0.2) is 0 Å². The third-order valence-electron chi connectivity index (χ3n) is 4.59. The Hall–Kier alpha value is -2.59. The number of alkyl halides is 3. The summed E-state index contributed by atoms with van der Waals surface area (Å²) in [4.78, 5) is 4.42. The summed E-state index contributed by atoms with van der Waals surface area (Å²) in [6.45, 7) is 5.99. The molecule has 1 heterocycles. The largest absolute Gasteiger partial charge is 0.494 e. The minimum Gasteiger partial charge on any atom is -0.494 e. The third kappa shape index (κ3) is 4.44. The van der Waals surface area contributed by atoms with Gasteiger partial charge in [0, 0.05) is 6.54 Å². The Kier molecular flexibility index (Phi) is 6.09. The number of benzene rings is 2. The Balaban J connectivity index is 1.93. The molecule has 0 saturated heterocycles. The van der Waals surface area contributed by atoms with Crippen molar-refractivity contribution >= 4 is 21.1 Å². The zero-order chi connectivity index (χ0) is 22.1. The van der Waals surface area contributed by atoms with Crippen molar-refractivity contribution in [3.8, 4) is 5.75 Å². The lowest BCUT2D eigenvalue weighted by Crippen LogP contribution is -2.28. The Bertz CT molecular complexity index is 1140. The molecule has 1 atom stereocenters. The van der Waals surface area contributed by atoms with Crippen molar-refractivity contribution in [2.24, 2.45) is 0 Å². The number of rotatable bonds is 7. The van der Waals surface area contributed by atoms with Crippen LogP contribution < -0.4 is 9.46 Å². The molecule has 0 unspecified atom stereocenters. The lowest BCUT2D eigenvalue weighted by Gasteiger charge is -2.16. The predicted molar refractivity (Wildman–Crippen MR) is 107 cm³/mol. The summed E-state index contributed by atoms with van der Waals surface area (Å²) >= 11 is 0. The highest BCUT2D eigenvalue weighted by molar-refractivity contribution is 7.89. The molecule has 2 aromatic carbocycles. The number of nitrogens with one attached hydrogen (secondary N) is 1. The maximum absolute atomic E-state index is 13.1.